The Bertz CT molecular complexity index is 1110. The molecule has 0 radical (unpaired) electrons. The molecule has 1 heterocycles. The maximum atomic E-state index is 13.0. The lowest BCUT2D eigenvalue weighted by Crippen LogP contribution is -2.08. The van der Waals surface area contributed by atoms with Crippen LogP contribution in [0.2, 0.25) is 0 Å². The maximum absolute atomic E-state index is 13.0. The fourth-order valence-corrected chi connectivity index (χ4v) is 3.66. The summed E-state index contributed by atoms with van der Waals surface area (Å²) in [6.45, 7) is -1.18. The van der Waals surface area contributed by atoms with Gasteiger partial charge in [0, 0.05) is 10.9 Å². The molecule has 0 saturated heterocycles. The Morgan fingerprint density at radius 2 is 1.85 bits per heavy atom. The van der Waals surface area contributed by atoms with E-state index in [0.29, 0.717) is 21.8 Å². The first kappa shape index (κ1) is 17.4. The van der Waals surface area contributed by atoms with E-state index in [1.807, 2.05) is 42.5 Å². The molecule has 0 unspecified atom stereocenters. The van der Waals surface area contributed by atoms with Crippen molar-refractivity contribution in [2.45, 2.75) is 13.5 Å². The van der Waals surface area contributed by atoms with Crippen molar-refractivity contribution in [3.05, 3.63) is 66.2 Å². The molecule has 0 atom stereocenters. The van der Waals surface area contributed by atoms with E-state index in [1.54, 1.807) is 25.1 Å². The van der Waals surface area contributed by atoms with Crippen molar-refractivity contribution < 1.29 is 13.5 Å². The van der Waals surface area contributed by atoms with Gasteiger partial charge >= 0.3 is 6.61 Å². The monoisotopic (exact) mass is 383 g/mol. The van der Waals surface area contributed by atoms with Gasteiger partial charge in [-0.05, 0) is 30.5 Å². The van der Waals surface area contributed by atoms with Gasteiger partial charge < -0.3 is 4.74 Å². The van der Waals surface area contributed by atoms with Crippen molar-refractivity contribution in [1.29, 1.82) is 0 Å². The Morgan fingerprint density at radius 1 is 1.07 bits per heavy atom. The third kappa shape index (κ3) is 3.59. The summed E-state index contributed by atoms with van der Waals surface area (Å²) in [5, 5.41) is 6.40. The molecule has 0 amide bonds. The van der Waals surface area contributed by atoms with E-state index >= 15 is 0 Å². The summed E-state index contributed by atoms with van der Waals surface area (Å²) < 4.78 is 31.8. The topological polar surface area (TPSA) is 46.5 Å². The first-order valence-corrected chi connectivity index (χ1v) is 9.06. The normalized spacial score (nSPS) is 12.1. The fraction of sp³-hybridized carbons (Fsp3) is 0.100. The van der Waals surface area contributed by atoms with Crippen molar-refractivity contribution in [2.75, 3.05) is 5.43 Å². The Labute approximate surface area is 158 Å². The van der Waals surface area contributed by atoms with E-state index in [4.69, 9.17) is 4.74 Å². The molecule has 0 fully saturated rings. The Morgan fingerprint density at radius 3 is 2.67 bits per heavy atom. The van der Waals surface area contributed by atoms with Crippen LogP contribution in [0.25, 0.3) is 21.0 Å². The molecule has 4 aromatic rings. The number of hydrazone groups is 1. The highest BCUT2D eigenvalue weighted by atomic mass is 32.1. The van der Waals surface area contributed by atoms with Crippen molar-refractivity contribution in [2.24, 2.45) is 5.10 Å². The van der Waals surface area contributed by atoms with Gasteiger partial charge in [0.2, 0.25) is 5.13 Å². The highest BCUT2D eigenvalue weighted by Crippen LogP contribution is 2.32. The number of nitrogens with zero attached hydrogens (tertiary/aromatic N) is 2. The third-order valence-electron chi connectivity index (χ3n) is 4.09. The number of rotatable bonds is 5. The third-order valence-corrected chi connectivity index (χ3v) is 5.03. The Kier molecular flexibility index (Phi) is 4.68. The number of thiazole rings is 1. The van der Waals surface area contributed by atoms with Crippen molar-refractivity contribution in [3.63, 3.8) is 0 Å². The predicted molar refractivity (Wildman–Crippen MR) is 106 cm³/mol. The molecule has 0 aliphatic carbocycles. The molecule has 1 aromatic heterocycles. The second-order valence-electron chi connectivity index (χ2n) is 5.84. The lowest BCUT2D eigenvalue weighted by molar-refractivity contribution is -0.0489. The summed E-state index contributed by atoms with van der Waals surface area (Å²) in [5.74, 6) is 0.121. The van der Waals surface area contributed by atoms with Crippen molar-refractivity contribution in [3.8, 4) is 5.75 Å². The first-order valence-electron chi connectivity index (χ1n) is 8.24. The molecule has 7 heteroatoms. The number of para-hydroxylation sites is 1. The van der Waals surface area contributed by atoms with Crippen LogP contribution in [0.15, 0.2) is 65.8 Å². The predicted octanol–water partition coefficient (Wildman–Crippen LogP) is 5.89. The molecule has 1 N–H and O–H groups in total. The molecular formula is C20H15F2N3OS. The van der Waals surface area contributed by atoms with Crippen LogP contribution < -0.4 is 10.2 Å². The number of alkyl halides is 2. The largest absolute Gasteiger partial charge is 0.433 e. The van der Waals surface area contributed by atoms with Gasteiger partial charge in [-0.1, -0.05) is 53.8 Å². The van der Waals surface area contributed by atoms with Gasteiger partial charge in [-0.3, -0.25) is 5.43 Å². The van der Waals surface area contributed by atoms with E-state index in [1.165, 1.54) is 11.3 Å². The quantitative estimate of drug-likeness (QED) is 0.345. The lowest BCUT2D eigenvalue weighted by atomic mass is 10.0. The SMILES string of the molecule is C/C(=N\Nc1nc2ccccc2s1)c1ccc2ccccc2c1OC(F)F. The molecule has 4 nitrogen and oxygen atoms in total. The number of hydrogen-bond acceptors (Lipinski definition) is 5. The number of benzene rings is 3. The molecule has 0 aliphatic rings. The summed E-state index contributed by atoms with van der Waals surface area (Å²) in [6, 6.07) is 18.6. The average Bonchev–Trinajstić information content (AvgIpc) is 3.09. The second-order valence-corrected chi connectivity index (χ2v) is 6.87. The van der Waals surface area contributed by atoms with Crippen LogP contribution in [0, 0.1) is 0 Å². The van der Waals surface area contributed by atoms with E-state index < -0.39 is 6.61 Å². The van der Waals surface area contributed by atoms with Crippen LogP contribution in [0.5, 0.6) is 5.75 Å². The van der Waals surface area contributed by atoms with Gasteiger partial charge in [-0.25, -0.2) is 4.98 Å². The number of nitrogens with one attached hydrogen (secondary N) is 1. The van der Waals surface area contributed by atoms with Crippen LogP contribution >= 0.6 is 11.3 Å². The minimum Gasteiger partial charge on any atom is -0.433 e. The first-order chi connectivity index (χ1) is 13.1. The number of hydrogen-bond donors (Lipinski definition) is 1. The maximum Gasteiger partial charge on any atom is 0.387 e. The fourth-order valence-electron chi connectivity index (χ4n) is 2.86. The number of anilines is 1. The summed E-state index contributed by atoms with van der Waals surface area (Å²) in [7, 11) is 0. The molecule has 0 aliphatic heterocycles. The molecule has 0 saturated carbocycles. The Balaban J connectivity index is 1.70. The molecule has 3 aromatic carbocycles. The van der Waals surface area contributed by atoms with Crippen LogP contribution in [-0.2, 0) is 0 Å². The van der Waals surface area contributed by atoms with E-state index in [2.05, 4.69) is 15.5 Å². The molecule has 0 bridgehead atoms. The van der Waals surface area contributed by atoms with Gasteiger partial charge in [0.25, 0.3) is 0 Å². The number of aromatic nitrogens is 1. The highest BCUT2D eigenvalue weighted by molar-refractivity contribution is 7.22. The summed E-state index contributed by atoms with van der Waals surface area (Å²) >= 11 is 1.47. The van der Waals surface area contributed by atoms with Gasteiger partial charge in [0.1, 0.15) is 5.75 Å². The van der Waals surface area contributed by atoms with Crippen LogP contribution in [0.1, 0.15) is 12.5 Å². The standard InChI is InChI=1S/C20H15F2N3OS/c1-12(24-25-20-23-16-8-4-5-9-17(16)27-20)14-11-10-13-6-2-3-7-15(13)18(14)26-19(21)22/h2-11,19H,1H3,(H,23,25)/b24-12+. The van der Waals surface area contributed by atoms with Crippen LogP contribution in [-0.4, -0.2) is 17.3 Å². The van der Waals surface area contributed by atoms with Crippen LogP contribution in [0.3, 0.4) is 0 Å². The summed E-state index contributed by atoms with van der Waals surface area (Å²) in [4.78, 5) is 4.45. The molecule has 136 valence electrons. The van der Waals surface area contributed by atoms with Crippen molar-refractivity contribution in [1.82, 2.24) is 4.98 Å². The number of halogens is 2. The van der Waals surface area contributed by atoms with E-state index in [9.17, 15) is 8.78 Å². The zero-order chi connectivity index (χ0) is 18.8. The van der Waals surface area contributed by atoms with Crippen LogP contribution in [0.4, 0.5) is 13.9 Å². The van der Waals surface area contributed by atoms with Gasteiger partial charge in [-0.15, -0.1) is 0 Å². The summed E-state index contributed by atoms with van der Waals surface area (Å²) in [6.07, 6.45) is 0. The molecule has 27 heavy (non-hydrogen) atoms. The second kappa shape index (κ2) is 7.28. The van der Waals surface area contributed by atoms with Crippen molar-refractivity contribution >= 4 is 43.2 Å². The molecule has 0 spiro atoms. The summed E-state index contributed by atoms with van der Waals surface area (Å²) in [5.41, 5.74) is 4.82. The molecular weight excluding hydrogens is 368 g/mol. The zero-order valence-electron chi connectivity index (χ0n) is 14.3. The van der Waals surface area contributed by atoms with Gasteiger partial charge in [0.15, 0.2) is 0 Å². The minimum atomic E-state index is -2.92. The minimum absolute atomic E-state index is 0.121. The number of fused-ring (bicyclic) bond motifs is 2. The average molecular weight is 383 g/mol. The van der Waals surface area contributed by atoms with E-state index in [0.717, 1.165) is 15.6 Å². The number of ether oxygens (including phenoxy) is 1. The van der Waals surface area contributed by atoms with Gasteiger partial charge in [0.05, 0.1) is 15.9 Å². The van der Waals surface area contributed by atoms with Gasteiger partial charge in [-0.2, -0.15) is 13.9 Å². The zero-order valence-corrected chi connectivity index (χ0v) is 15.1. The molecule has 4 rings (SSSR count). The smallest absolute Gasteiger partial charge is 0.387 e. The Hall–Kier alpha value is -3.06. The highest BCUT2D eigenvalue weighted by Gasteiger charge is 2.15. The lowest BCUT2D eigenvalue weighted by Gasteiger charge is -2.13. The van der Waals surface area contributed by atoms with E-state index in [-0.39, 0.29) is 5.75 Å².